The van der Waals surface area contributed by atoms with E-state index in [-0.39, 0.29) is 17.7 Å². The lowest BCUT2D eigenvalue weighted by Gasteiger charge is -2.26. The highest BCUT2D eigenvalue weighted by molar-refractivity contribution is 5.97. The van der Waals surface area contributed by atoms with Gasteiger partial charge in [-0.3, -0.25) is 9.59 Å². The number of allylic oxidation sites excluding steroid dienone is 2. The number of benzene rings is 1. The maximum absolute atomic E-state index is 12.9. The van der Waals surface area contributed by atoms with E-state index in [4.69, 9.17) is 4.74 Å². The van der Waals surface area contributed by atoms with Crippen molar-refractivity contribution in [2.75, 3.05) is 11.9 Å². The maximum Gasteiger partial charge on any atom is 0.338 e. The number of carboxylic acids is 1. The van der Waals surface area contributed by atoms with Crippen LogP contribution in [0.25, 0.3) is 0 Å². The van der Waals surface area contributed by atoms with Gasteiger partial charge in [-0.05, 0) is 69.7 Å². The first-order chi connectivity index (χ1) is 12.8. The lowest BCUT2D eigenvalue weighted by molar-refractivity contribution is -0.148. The second-order valence-electron chi connectivity index (χ2n) is 7.42. The Morgan fingerprint density at radius 3 is 2.19 bits per heavy atom. The van der Waals surface area contributed by atoms with Crippen molar-refractivity contribution in [1.82, 2.24) is 0 Å². The number of rotatable bonds is 5. The molecule has 0 radical (unpaired) electrons. The van der Waals surface area contributed by atoms with E-state index in [0.29, 0.717) is 17.9 Å². The molecule has 0 spiro atoms. The Balaban J connectivity index is 1.78. The van der Waals surface area contributed by atoms with Crippen molar-refractivity contribution in [3.05, 3.63) is 41.0 Å². The molecule has 3 rings (SSSR count). The average molecular weight is 371 g/mol. The molecule has 2 aliphatic rings. The number of aliphatic carboxylic acids is 1. The third kappa shape index (κ3) is 3.48. The van der Waals surface area contributed by atoms with Gasteiger partial charge in [-0.1, -0.05) is 11.1 Å². The molecule has 6 heteroatoms. The van der Waals surface area contributed by atoms with Crippen LogP contribution in [-0.4, -0.2) is 29.6 Å². The standard InChI is InChI=1S/C21H25NO5/c1-4-27-21(26)12-5-7-13(8-6-12)22-19(23)17-14-9-10-15(16(14)11(2)3)18(17)20(24)25/h5-8,14-15,17-18H,4,9-10H2,1-3H3,(H,22,23)(H,24,25)/t14-,15-,17-,18-/m0/s1. The van der Waals surface area contributed by atoms with Crippen molar-refractivity contribution in [2.45, 2.75) is 33.6 Å². The summed E-state index contributed by atoms with van der Waals surface area (Å²) in [6.07, 6.45) is 1.69. The molecule has 2 N–H and O–H groups in total. The Hall–Kier alpha value is -2.63. The van der Waals surface area contributed by atoms with Gasteiger partial charge >= 0.3 is 11.9 Å². The summed E-state index contributed by atoms with van der Waals surface area (Å²) in [5, 5.41) is 12.5. The zero-order valence-corrected chi connectivity index (χ0v) is 15.8. The maximum atomic E-state index is 12.9. The second-order valence-corrected chi connectivity index (χ2v) is 7.42. The highest BCUT2D eigenvalue weighted by Gasteiger charge is 2.57. The van der Waals surface area contributed by atoms with Crippen molar-refractivity contribution in [1.29, 1.82) is 0 Å². The molecule has 2 saturated carbocycles. The van der Waals surface area contributed by atoms with Crippen molar-refractivity contribution in [3.63, 3.8) is 0 Å². The number of nitrogens with one attached hydrogen (secondary N) is 1. The van der Waals surface area contributed by atoms with Crippen LogP contribution >= 0.6 is 0 Å². The molecule has 1 aromatic carbocycles. The van der Waals surface area contributed by atoms with Gasteiger partial charge in [0, 0.05) is 5.69 Å². The lowest BCUT2D eigenvalue weighted by atomic mass is 9.78. The summed E-state index contributed by atoms with van der Waals surface area (Å²) in [6.45, 7) is 6.02. The van der Waals surface area contributed by atoms with E-state index >= 15 is 0 Å². The number of carbonyl (C=O) groups excluding carboxylic acids is 2. The summed E-state index contributed by atoms with van der Waals surface area (Å²) in [5.41, 5.74) is 3.23. The zero-order chi connectivity index (χ0) is 19.7. The van der Waals surface area contributed by atoms with Gasteiger partial charge in [-0.15, -0.1) is 0 Å². The normalized spacial score (nSPS) is 26.0. The molecule has 0 aromatic heterocycles. The number of amides is 1. The van der Waals surface area contributed by atoms with Crippen LogP contribution < -0.4 is 5.32 Å². The Labute approximate surface area is 158 Å². The summed E-state index contributed by atoms with van der Waals surface area (Å²) >= 11 is 0. The van der Waals surface area contributed by atoms with Crippen LogP contribution in [0.3, 0.4) is 0 Å². The third-order valence-electron chi connectivity index (χ3n) is 5.67. The summed E-state index contributed by atoms with van der Waals surface area (Å²) in [6, 6.07) is 6.44. The zero-order valence-electron chi connectivity index (χ0n) is 15.8. The molecule has 0 unspecified atom stereocenters. The van der Waals surface area contributed by atoms with Crippen LogP contribution in [0.15, 0.2) is 35.4 Å². The third-order valence-corrected chi connectivity index (χ3v) is 5.67. The molecule has 6 nitrogen and oxygen atoms in total. The molecule has 0 saturated heterocycles. The first kappa shape index (κ1) is 19.1. The first-order valence-electron chi connectivity index (χ1n) is 9.33. The molecule has 27 heavy (non-hydrogen) atoms. The fourth-order valence-corrected chi connectivity index (χ4v) is 4.73. The topological polar surface area (TPSA) is 92.7 Å². The predicted octanol–water partition coefficient (Wildman–Crippen LogP) is 3.50. The number of carbonyl (C=O) groups is 3. The molecule has 0 aliphatic heterocycles. The molecule has 2 bridgehead atoms. The lowest BCUT2D eigenvalue weighted by Crippen LogP contribution is -2.37. The number of anilines is 1. The van der Waals surface area contributed by atoms with Crippen LogP contribution in [0, 0.1) is 23.7 Å². The van der Waals surface area contributed by atoms with Crippen molar-refractivity contribution >= 4 is 23.5 Å². The molecule has 0 heterocycles. The Bertz CT molecular complexity index is 791. The van der Waals surface area contributed by atoms with Crippen LogP contribution in [0.5, 0.6) is 0 Å². The van der Waals surface area contributed by atoms with Crippen LogP contribution in [-0.2, 0) is 14.3 Å². The van der Waals surface area contributed by atoms with Crippen LogP contribution in [0.1, 0.15) is 44.0 Å². The van der Waals surface area contributed by atoms with Crippen LogP contribution in [0.2, 0.25) is 0 Å². The molecule has 1 aromatic rings. The molecule has 2 fully saturated rings. The van der Waals surface area contributed by atoms with E-state index in [1.54, 1.807) is 31.2 Å². The summed E-state index contributed by atoms with van der Waals surface area (Å²) in [7, 11) is 0. The van der Waals surface area contributed by atoms with Gasteiger partial charge in [-0.2, -0.15) is 0 Å². The smallest absolute Gasteiger partial charge is 0.338 e. The Morgan fingerprint density at radius 2 is 1.67 bits per heavy atom. The summed E-state index contributed by atoms with van der Waals surface area (Å²) in [4.78, 5) is 36.5. The molecule has 4 atom stereocenters. The van der Waals surface area contributed by atoms with Gasteiger partial charge in [0.25, 0.3) is 0 Å². The monoisotopic (exact) mass is 371 g/mol. The largest absolute Gasteiger partial charge is 0.481 e. The summed E-state index contributed by atoms with van der Waals surface area (Å²) < 4.78 is 4.94. The van der Waals surface area contributed by atoms with Gasteiger partial charge < -0.3 is 15.2 Å². The van der Waals surface area contributed by atoms with E-state index in [2.05, 4.69) is 5.32 Å². The molecule has 2 aliphatic carbocycles. The Kier molecular flexibility index (Phi) is 5.35. The molecule has 1 amide bonds. The number of ether oxygens (including phenoxy) is 1. The molecular weight excluding hydrogens is 346 g/mol. The highest BCUT2D eigenvalue weighted by atomic mass is 16.5. The quantitative estimate of drug-likeness (QED) is 0.610. The van der Waals surface area contributed by atoms with Gasteiger partial charge in [-0.25, -0.2) is 4.79 Å². The molecule has 144 valence electrons. The van der Waals surface area contributed by atoms with Crippen molar-refractivity contribution in [3.8, 4) is 0 Å². The predicted molar refractivity (Wildman–Crippen MR) is 100 cm³/mol. The van der Waals surface area contributed by atoms with Gasteiger partial charge in [0.05, 0.1) is 24.0 Å². The fourth-order valence-electron chi connectivity index (χ4n) is 4.73. The van der Waals surface area contributed by atoms with E-state index in [1.165, 1.54) is 0 Å². The number of carboxylic acid groups (broad SMARTS) is 1. The van der Waals surface area contributed by atoms with Crippen molar-refractivity contribution in [2.24, 2.45) is 23.7 Å². The average Bonchev–Trinajstić information content (AvgIpc) is 3.18. The minimum absolute atomic E-state index is 0.0000878. The summed E-state index contributed by atoms with van der Waals surface area (Å²) in [5.74, 6) is -2.86. The van der Waals surface area contributed by atoms with Gasteiger partial charge in [0.1, 0.15) is 0 Å². The second kappa shape index (κ2) is 7.55. The van der Waals surface area contributed by atoms with Gasteiger partial charge in [0.15, 0.2) is 0 Å². The minimum atomic E-state index is -0.904. The van der Waals surface area contributed by atoms with E-state index in [9.17, 15) is 19.5 Å². The van der Waals surface area contributed by atoms with Crippen LogP contribution in [0.4, 0.5) is 5.69 Å². The number of hydrogen-bond donors (Lipinski definition) is 2. The van der Waals surface area contributed by atoms with Gasteiger partial charge in [0.2, 0.25) is 5.91 Å². The van der Waals surface area contributed by atoms with E-state index in [1.807, 2.05) is 13.8 Å². The highest BCUT2D eigenvalue weighted by Crippen LogP contribution is 2.57. The molecular formula is C21H25NO5. The number of fused-ring (bicyclic) bond motifs is 2. The fraction of sp³-hybridized carbons (Fsp3) is 0.476. The van der Waals surface area contributed by atoms with E-state index in [0.717, 1.165) is 24.0 Å². The van der Waals surface area contributed by atoms with E-state index < -0.39 is 23.8 Å². The SMILES string of the molecule is CCOC(=O)c1ccc(NC(=O)[C@@H]2[C@@H](C(=O)O)[C@H]3CC[C@H]2C3=C(C)C)cc1. The Morgan fingerprint density at radius 1 is 1.07 bits per heavy atom. The first-order valence-corrected chi connectivity index (χ1v) is 9.33. The van der Waals surface area contributed by atoms with Crippen molar-refractivity contribution < 1.29 is 24.2 Å². The minimum Gasteiger partial charge on any atom is -0.481 e. The number of esters is 1. The number of hydrogen-bond acceptors (Lipinski definition) is 4.